The van der Waals surface area contributed by atoms with E-state index in [-0.39, 0.29) is 24.0 Å². The summed E-state index contributed by atoms with van der Waals surface area (Å²) in [5, 5.41) is 6.79. The Morgan fingerprint density at radius 2 is 1.79 bits per heavy atom. The van der Waals surface area contributed by atoms with Crippen molar-refractivity contribution in [3.05, 3.63) is 35.4 Å². The van der Waals surface area contributed by atoms with Gasteiger partial charge in [-0.25, -0.2) is 4.99 Å². The molecule has 0 aromatic heterocycles. The van der Waals surface area contributed by atoms with Crippen LogP contribution in [0.5, 0.6) is 0 Å². The highest BCUT2D eigenvalue weighted by Gasteiger charge is 2.12. The molecule has 0 spiro atoms. The lowest BCUT2D eigenvalue weighted by molar-refractivity contribution is 0.143. The summed E-state index contributed by atoms with van der Waals surface area (Å²) < 4.78 is 5.39. The van der Waals surface area contributed by atoms with Gasteiger partial charge in [-0.05, 0) is 63.7 Å². The van der Waals surface area contributed by atoms with Gasteiger partial charge in [0.25, 0.3) is 0 Å². The van der Waals surface area contributed by atoms with Crippen LogP contribution in [-0.4, -0.2) is 50.3 Å². The van der Waals surface area contributed by atoms with Crippen molar-refractivity contribution >= 4 is 29.9 Å². The van der Waals surface area contributed by atoms with Crippen LogP contribution in [0.2, 0.25) is 0 Å². The third kappa shape index (κ3) is 10.1. The topological polar surface area (TPSA) is 48.9 Å². The Morgan fingerprint density at radius 1 is 1.04 bits per heavy atom. The maximum Gasteiger partial charge on any atom is 0.191 e. The summed E-state index contributed by atoms with van der Waals surface area (Å²) >= 11 is 0. The van der Waals surface area contributed by atoms with E-state index >= 15 is 0 Å². The summed E-state index contributed by atoms with van der Waals surface area (Å²) in [4.78, 5) is 7.39. The van der Waals surface area contributed by atoms with Crippen LogP contribution in [-0.2, 0) is 17.8 Å². The summed E-state index contributed by atoms with van der Waals surface area (Å²) in [6, 6.07) is 8.74. The molecule has 0 unspecified atom stereocenters. The van der Waals surface area contributed by atoms with Gasteiger partial charge in [-0.3, -0.25) is 4.90 Å². The van der Waals surface area contributed by atoms with E-state index in [9.17, 15) is 0 Å². The second-order valence-electron chi connectivity index (χ2n) is 7.13. The fraction of sp³-hybridized carbons (Fsp3) is 0.682. The van der Waals surface area contributed by atoms with Gasteiger partial charge in [0.15, 0.2) is 5.96 Å². The van der Waals surface area contributed by atoms with Gasteiger partial charge in [0.2, 0.25) is 0 Å². The predicted octanol–water partition coefficient (Wildman–Crippen LogP) is 4.16. The maximum absolute atomic E-state index is 5.39. The first-order chi connectivity index (χ1) is 13.3. The van der Waals surface area contributed by atoms with E-state index in [2.05, 4.69) is 46.7 Å². The number of rotatable bonds is 11. The van der Waals surface area contributed by atoms with Gasteiger partial charge < -0.3 is 15.4 Å². The molecule has 1 saturated heterocycles. The van der Waals surface area contributed by atoms with Crippen molar-refractivity contribution in [3.63, 3.8) is 0 Å². The molecule has 0 bridgehead atoms. The fourth-order valence-electron chi connectivity index (χ4n) is 3.41. The number of halogens is 1. The Labute approximate surface area is 188 Å². The van der Waals surface area contributed by atoms with E-state index in [1.54, 1.807) is 0 Å². The first kappa shape index (κ1) is 25.2. The van der Waals surface area contributed by atoms with Crippen molar-refractivity contribution in [3.8, 4) is 0 Å². The van der Waals surface area contributed by atoms with Crippen LogP contribution in [0.1, 0.15) is 57.1 Å². The zero-order valence-electron chi connectivity index (χ0n) is 17.7. The molecule has 0 radical (unpaired) electrons. The zero-order chi connectivity index (χ0) is 19.2. The largest absolute Gasteiger partial charge is 0.382 e. The standard InChI is InChI=1S/C22H38N4O.HI/c1-3-23-22(24-14-8-11-17-27-4-2)25-18-20-12-6-7-13-21(20)19-26-15-9-5-10-16-26;/h6-7,12-13H,3-5,8-11,14-19H2,1-2H3,(H2,23,24,25);1H. The van der Waals surface area contributed by atoms with E-state index < -0.39 is 0 Å². The van der Waals surface area contributed by atoms with Crippen molar-refractivity contribution in [2.45, 2.75) is 59.0 Å². The third-order valence-corrected chi connectivity index (χ3v) is 4.92. The molecular weight excluding hydrogens is 463 g/mol. The molecule has 1 aliphatic heterocycles. The van der Waals surface area contributed by atoms with Crippen molar-refractivity contribution in [2.75, 3.05) is 39.4 Å². The minimum absolute atomic E-state index is 0. The van der Waals surface area contributed by atoms with Crippen molar-refractivity contribution in [1.82, 2.24) is 15.5 Å². The Kier molecular flexibility index (Phi) is 14.4. The van der Waals surface area contributed by atoms with Crippen LogP contribution < -0.4 is 10.6 Å². The number of benzene rings is 1. The monoisotopic (exact) mass is 502 g/mol. The molecule has 0 saturated carbocycles. The third-order valence-electron chi connectivity index (χ3n) is 4.92. The lowest BCUT2D eigenvalue weighted by Gasteiger charge is -2.27. The van der Waals surface area contributed by atoms with E-state index in [0.717, 1.165) is 58.2 Å². The number of guanidine groups is 1. The summed E-state index contributed by atoms with van der Waals surface area (Å²) in [6.07, 6.45) is 6.22. The number of ether oxygens (including phenoxy) is 1. The van der Waals surface area contributed by atoms with Crippen molar-refractivity contribution in [1.29, 1.82) is 0 Å². The highest BCUT2D eigenvalue weighted by atomic mass is 127. The minimum atomic E-state index is 0. The van der Waals surface area contributed by atoms with Crippen molar-refractivity contribution in [2.24, 2.45) is 4.99 Å². The molecule has 1 heterocycles. The van der Waals surface area contributed by atoms with E-state index in [1.807, 2.05) is 6.92 Å². The molecule has 1 aliphatic rings. The fourth-order valence-corrected chi connectivity index (χ4v) is 3.41. The average molecular weight is 502 g/mol. The van der Waals surface area contributed by atoms with Crippen LogP contribution >= 0.6 is 24.0 Å². The molecule has 28 heavy (non-hydrogen) atoms. The molecule has 0 aliphatic carbocycles. The number of nitrogens with one attached hydrogen (secondary N) is 2. The Hall–Kier alpha value is -0.860. The molecule has 0 atom stereocenters. The lowest BCUT2D eigenvalue weighted by atomic mass is 10.1. The van der Waals surface area contributed by atoms with E-state index in [4.69, 9.17) is 9.73 Å². The zero-order valence-corrected chi connectivity index (χ0v) is 20.0. The number of likely N-dealkylation sites (tertiary alicyclic amines) is 1. The van der Waals surface area contributed by atoms with Gasteiger partial charge in [0.1, 0.15) is 0 Å². The molecule has 2 N–H and O–H groups in total. The van der Waals surface area contributed by atoms with Crippen LogP contribution in [0.3, 0.4) is 0 Å². The Bertz CT molecular complexity index is 547. The molecular formula is C22H39IN4O. The van der Waals surface area contributed by atoms with Crippen LogP contribution in [0.4, 0.5) is 0 Å². The number of piperidine rings is 1. The molecule has 2 rings (SSSR count). The number of hydrogen-bond donors (Lipinski definition) is 2. The van der Waals surface area contributed by atoms with Crippen molar-refractivity contribution < 1.29 is 4.74 Å². The highest BCUT2D eigenvalue weighted by molar-refractivity contribution is 14.0. The van der Waals surface area contributed by atoms with E-state index in [0.29, 0.717) is 0 Å². The average Bonchev–Trinajstić information content (AvgIpc) is 2.70. The molecule has 1 aromatic carbocycles. The van der Waals surface area contributed by atoms with Gasteiger partial charge >= 0.3 is 0 Å². The van der Waals surface area contributed by atoms with Gasteiger partial charge in [-0.2, -0.15) is 0 Å². The molecule has 160 valence electrons. The number of hydrogen-bond acceptors (Lipinski definition) is 3. The molecule has 6 heteroatoms. The maximum atomic E-state index is 5.39. The minimum Gasteiger partial charge on any atom is -0.382 e. The second kappa shape index (κ2) is 16.0. The summed E-state index contributed by atoms with van der Waals surface area (Å²) in [6.45, 7) is 11.8. The second-order valence-corrected chi connectivity index (χ2v) is 7.13. The van der Waals surface area contributed by atoms with Crippen LogP contribution in [0.25, 0.3) is 0 Å². The van der Waals surface area contributed by atoms with Gasteiger partial charge in [-0.15, -0.1) is 24.0 Å². The quantitative estimate of drug-likeness (QED) is 0.207. The lowest BCUT2D eigenvalue weighted by Crippen LogP contribution is -2.37. The smallest absolute Gasteiger partial charge is 0.191 e. The first-order valence-corrected chi connectivity index (χ1v) is 10.7. The SMILES string of the molecule is CCNC(=NCc1ccccc1CN1CCCCC1)NCCCCOCC.I. The molecule has 0 amide bonds. The van der Waals surface area contributed by atoms with Gasteiger partial charge in [0, 0.05) is 32.8 Å². The number of nitrogens with zero attached hydrogens (tertiary/aromatic N) is 2. The van der Waals surface area contributed by atoms with Crippen LogP contribution in [0.15, 0.2) is 29.3 Å². The highest BCUT2D eigenvalue weighted by Crippen LogP contribution is 2.16. The predicted molar refractivity (Wildman–Crippen MR) is 130 cm³/mol. The van der Waals surface area contributed by atoms with E-state index in [1.165, 1.54) is 43.5 Å². The first-order valence-electron chi connectivity index (χ1n) is 10.7. The molecule has 5 nitrogen and oxygen atoms in total. The Balaban J connectivity index is 0.00000392. The Morgan fingerprint density at radius 3 is 2.50 bits per heavy atom. The summed E-state index contributed by atoms with van der Waals surface area (Å²) in [5.74, 6) is 0.904. The summed E-state index contributed by atoms with van der Waals surface area (Å²) in [5.41, 5.74) is 2.74. The number of unbranched alkanes of at least 4 members (excludes halogenated alkanes) is 1. The molecule has 1 fully saturated rings. The number of aliphatic imine (C=N–C) groups is 1. The summed E-state index contributed by atoms with van der Waals surface area (Å²) in [7, 11) is 0. The van der Waals surface area contributed by atoms with Gasteiger partial charge in [-0.1, -0.05) is 30.7 Å². The normalized spacial score (nSPS) is 15.1. The van der Waals surface area contributed by atoms with Crippen LogP contribution in [0, 0.1) is 0 Å². The van der Waals surface area contributed by atoms with Gasteiger partial charge in [0.05, 0.1) is 6.54 Å². The molecule has 1 aromatic rings.